The predicted octanol–water partition coefficient (Wildman–Crippen LogP) is 4.02. The van der Waals surface area contributed by atoms with Crippen molar-refractivity contribution >= 4 is 46.6 Å². The van der Waals surface area contributed by atoms with E-state index in [1.165, 1.54) is 12.1 Å². The summed E-state index contributed by atoms with van der Waals surface area (Å²) in [6.07, 6.45) is 0.0428. The molecule has 1 aliphatic rings. The molecule has 0 aromatic heterocycles. The van der Waals surface area contributed by atoms with Crippen LogP contribution in [0.5, 0.6) is 5.75 Å². The highest BCUT2D eigenvalue weighted by atomic mass is 35.5. The molecule has 3 amide bonds. The summed E-state index contributed by atoms with van der Waals surface area (Å²) in [6, 6.07) is 9.48. The first-order valence-corrected chi connectivity index (χ1v) is 8.93. The molecule has 0 fully saturated rings. The van der Waals surface area contributed by atoms with Gasteiger partial charge in [-0.2, -0.15) is 0 Å². The fraction of sp³-hybridized carbons (Fsp3) is 0.211. The molecule has 2 aromatic carbocycles. The first kappa shape index (κ1) is 19.2. The van der Waals surface area contributed by atoms with E-state index in [-0.39, 0.29) is 27.3 Å². The number of nitrogens with one attached hydrogen (secondary N) is 1. The maximum Gasteiger partial charge on any atom is 0.262 e. The Morgan fingerprint density at radius 2 is 1.56 bits per heavy atom. The van der Waals surface area contributed by atoms with E-state index in [0.29, 0.717) is 11.4 Å². The highest BCUT2D eigenvalue weighted by Crippen LogP contribution is 2.31. The normalized spacial score (nSPS) is 13.1. The van der Waals surface area contributed by atoms with Crippen LogP contribution in [0.25, 0.3) is 0 Å². The molecule has 0 atom stereocenters. The molecule has 0 radical (unpaired) electrons. The molecule has 2 aromatic rings. The molecule has 0 saturated carbocycles. The molecule has 0 spiro atoms. The molecule has 1 N–H and O–H groups in total. The Morgan fingerprint density at radius 1 is 1.04 bits per heavy atom. The van der Waals surface area contributed by atoms with Crippen molar-refractivity contribution in [2.75, 3.05) is 11.9 Å². The van der Waals surface area contributed by atoms with Gasteiger partial charge in [-0.1, -0.05) is 23.2 Å². The van der Waals surface area contributed by atoms with Gasteiger partial charge in [0.15, 0.2) is 0 Å². The lowest BCUT2D eigenvalue weighted by Gasteiger charge is -2.14. The number of hydrogen-bond donors (Lipinski definition) is 1. The van der Waals surface area contributed by atoms with Crippen LogP contribution in [-0.4, -0.2) is 35.3 Å². The third-order valence-corrected chi connectivity index (χ3v) is 4.55. The van der Waals surface area contributed by atoms with Crippen LogP contribution in [0, 0.1) is 0 Å². The summed E-state index contributed by atoms with van der Waals surface area (Å²) in [4.78, 5) is 38.0. The molecule has 0 bridgehead atoms. The van der Waals surface area contributed by atoms with Crippen LogP contribution in [0.4, 0.5) is 5.69 Å². The van der Waals surface area contributed by atoms with E-state index in [4.69, 9.17) is 27.9 Å². The summed E-state index contributed by atoms with van der Waals surface area (Å²) in [6.45, 7) is 3.42. The van der Waals surface area contributed by atoms with Gasteiger partial charge in [0.25, 0.3) is 11.8 Å². The highest BCUT2D eigenvalue weighted by Gasteiger charge is 2.37. The van der Waals surface area contributed by atoms with Crippen molar-refractivity contribution in [3.63, 3.8) is 0 Å². The van der Waals surface area contributed by atoms with E-state index >= 15 is 0 Å². The minimum Gasteiger partial charge on any atom is -0.491 e. The summed E-state index contributed by atoms with van der Waals surface area (Å²) in [5.74, 6) is -0.981. The summed E-state index contributed by atoms with van der Waals surface area (Å²) in [5, 5.41) is 2.99. The molecule has 6 nitrogen and oxygen atoms in total. The number of ether oxygens (including phenoxy) is 1. The highest BCUT2D eigenvalue weighted by molar-refractivity contribution is 6.43. The minimum atomic E-state index is -0.579. The number of imide groups is 1. The summed E-state index contributed by atoms with van der Waals surface area (Å²) < 4.78 is 5.53. The quantitative estimate of drug-likeness (QED) is 0.760. The molecule has 1 heterocycles. The van der Waals surface area contributed by atoms with Crippen LogP contribution in [0.2, 0.25) is 10.0 Å². The van der Waals surface area contributed by atoms with Crippen LogP contribution in [0.3, 0.4) is 0 Å². The van der Waals surface area contributed by atoms with Crippen molar-refractivity contribution in [1.29, 1.82) is 0 Å². The van der Waals surface area contributed by atoms with E-state index in [1.54, 1.807) is 24.3 Å². The van der Waals surface area contributed by atoms with Gasteiger partial charge in [-0.15, -0.1) is 0 Å². The Bertz CT molecular complexity index is 885. The second-order valence-electron chi connectivity index (χ2n) is 6.25. The summed E-state index contributed by atoms with van der Waals surface area (Å²) >= 11 is 11.8. The van der Waals surface area contributed by atoms with Crippen LogP contribution in [0.15, 0.2) is 36.4 Å². The predicted molar refractivity (Wildman–Crippen MR) is 103 cm³/mol. The molecule has 3 rings (SSSR count). The number of carbonyl (C=O) groups excluding carboxylic acids is 3. The Morgan fingerprint density at radius 3 is 2.04 bits per heavy atom. The van der Waals surface area contributed by atoms with Gasteiger partial charge < -0.3 is 10.1 Å². The third kappa shape index (κ3) is 4.07. The van der Waals surface area contributed by atoms with Crippen LogP contribution < -0.4 is 10.1 Å². The molecule has 27 heavy (non-hydrogen) atoms. The van der Waals surface area contributed by atoms with Gasteiger partial charge in [0.1, 0.15) is 12.3 Å². The standard InChI is InChI=1S/C19H16Cl2N2O4/c1-10(2)27-12-5-3-11(4-6-12)22-17(24)9-23-18(25)13-7-15(20)16(21)8-14(13)19(23)26/h3-8,10H,9H2,1-2H3,(H,22,24). The zero-order valence-corrected chi connectivity index (χ0v) is 16.1. The number of anilines is 1. The first-order valence-electron chi connectivity index (χ1n) is 8.18. The van der Waals surface area contributed by atoms with Gasteiger partial charge >= 0.3 is 0 Å². The van der Waals surface area contributed by atoms with E-state index in [1.807, 2.05) is 13.8 Å². The largest absolute Gasteiger partial charge is 0.491 e. The van der Waals surface area contributed by atoms with E-state index in [9.17, 15) is 14.4 Å². The second-order valence-corrected chi connectivity index (χ2v) is 7.06. The molecular weight excluding hydrogens is 391 g/mol. The maximum atomic E-state index is 12.4. The minimum absolute atomic E-state index is 0.0428. The van der Waals surface area contributed by atoms with E-state index in [2.05, 4.69) is 5.32 Å². The Kier molecular flexibility index (Phi) is 5.39. The number of benzene rings is 2. The topological polar surface area (TPSA) is 75.7 Å². The molecule has 8 heteroatoms. The van der Waals surface area contributed by atoms with Gasteiger partial charge in [-0.05, 0) is 50.2 Å². The average molecular weight is 407 g/mol. The number of hydrogen-bond acceptors (Lipinski definition) is 4. The fourth-order valence-electron chi connectivity index (χ4n) is 2.66. The SMILES string of the molecule is CC(C)Oc1ccc(NC(=O)CN2C(=O)c3cc(Cl)c(Cl)cc3C2=O)cc1. The Hall–Kier alpha value is -2.57. The van der Waals surface area contributed by atoms with Crippen molar-refractivity contribution < 1.29 is 19.1 Å². The lowest BCUT2D eigenvalue weighted by atomic mass is 10.1. The maximum absolute atomic E-state index is 12.4. The number of amides is 3. The first-order chi connectivity index (χ1) is 12.8. The molecular formula is C19H16Cl2N2O4. The second kappa shape index (κ2) is 7.58. The van der Waals surface area contributed by atoms with Gasteiger partial charge in [0, 0.05) is 5.69 Å². The van der Waals surface area contributed by atoms with Crippen molar-refractivity contribution in [2.45, 2.75) is 20.0 Å². The van der Waals surface area contributed by atoms with Crippen LogP contribution >= 0.6 is 23.2 Å². The fourth-order valence-corrected chi connectivity index (χ4v) is 2.99. The number of carbonyl (C=O) groups is 3. The van der Waals surface area contributed by atoms with E-state index in [0.717, 1.165) is 4.90 Å². The summed E-state index contributed by atoms with van der Waals surface area (Å²) in [7, 11) is 0. The molecule has 1 aliphatic heterocycles. The van der Waals surface area contributed by atoms with Crippen molar-refractivity contribution in [3.05, 3.63) is 57.6 Å². The molecule has 0 unspecified atom stereocenters. The number of fused-ring (bicyclic) bond motifs is 1. The van der Waals surface area contributed by atoms with Crippen LogP contribution in [0.1, 0.15) is 34.6 Å². The van der Waals surface area contributed by atoms with Gasteiger partial charge in [0.2, 0.25) is 5.91 Å². The molecule has 140 valence electrons. The number of halogens is 2. The van der Waals surface area contributed by atoms with Crippen molar-refractivity contribution in [3.8, 4) is 5.75 Å². The average Bonchev–Trinajstić information content (AvgIpc) is 2.81. The number of nitrogens with zero attached hydrogens (tertiary/aromatic N) is 1. The zero-order chi connectivity index (χ0) is 19.7. The third-order valence-electron chi connectivity index (χ3n) is 3.82. The molecule has 0 aliphatic carbocycles. The lowest BCUT2D eigenvalue weighted by Crippen LogP contribution is -2.37. The zero-order valence-electron chi connectivity index (χ0n) is 14.6. The van der Waals surface area contributed by atoms with Crippen LogP contribution in [-0.2, 0) is 4.79 Å². The number of rotatable bonds is 5. The lowest BCUT2D eigenvalue weighted by molar-refractivity contribution is -0.116. The van der Waals surface area contributed by atoms with Crippen molar-refractivity contribution in [1.82, 2.24) is 4.90 Å². The van der Waals surface area contributed by atoms with Gasteiger partial charge in [-0.25, -0.2) is 0 Å². The summed E-state index contributed by atoms with van der Waals surface area (Å²) in [5.41, 5.74) is 0.800. The van der Waals surface area contributed by atoms with Gasteiger partial charge in [-0.3, -0.25) is 19.3 Å². The monoisotopic (exact) mass is 406 g/mol. The smallest absolute Gasteiger partial charge is 0.262 e. The Balaban J connectivity index is 1.68. The van der Waals surface area contributed by atoms with Gasteiger partial charge in [0.05, 0.1) is 27.3 Å². The molecule has 0 saturated heterocycles. The van der Waals surface area contributed by atoms with Crippen molar-refractivity contribution in [2.24, 2.45) is 0 Å². The van der Waals surface area contributed by atoms with E-state index < -0.39 is 24.3 Å². The Labute approximate surface area is 166 Å².